The van der Waals surface area contributed by atoms with Gasteiger partial charge in [0.1, 0.15) is 0 Å². The van der Waals surface area contributed by atoms with Crippen molar-refractivity contribution >= 4 is 28.7 Å². The van der Waals surface area contributed by atoms with E-state index < -0.39 is 0 Å². The molecule has 2 aliphatic heterocycles. The Hall–Kier alpha value is -0.610. The van der Waals surface area contributed by atoms with Gasteiger partial charge in [-0.05, 0) is 24.0 Å². The molecule has 0 radical (unpaired) electrons. The summed E-state index contributed by atoms with van der Waals surface area (Å²) in [5.74, 6) is 0. The van der Waals surface area contributed by atoms with Crippen LogP contribution in [0.25, 0.3) is 0 Å². The van der Waals surface area contributed by atoms with E-state index in [4.69, 9.17) is 0 Å². The largest absolute Gasteiger partial charge is 0.348 e. The third kappa shape index (κ3) is 1.84. The molecule has 0 amide bonds. The van der Waals surface area contributed by atoms with Crippen molar-refractivity contribution in [2.45, 2.75) is 10.1 Å². The summed E-state index contributed by atoms with van der Waals surface area (Å²) in [4.78, 5) is 8.25. The second-order valence-corrected chi connectivity index (χ2v) is 6.04. The Morgan fingerprint density at radius 2 is 2.19 bits per heavy atom. The number of nitrogens with zero attached hydrogens (tertiary/aromatic N) is 2. The highest BCUT2D eigenvalue weighted by Crippen LogP contribution is 2.39. The Morgan fingerprint density at radius 3 is 2.88 bits per heavy atom. The van der Waals surface area contributed by atoms with Crippen LogP contribution in [0, 0.1) is 0 Å². The van der Waals surface area contributed by atoms with Gasteiger partial charge in [0.25, 0.3) is 0 Å². The van der Waals surface area contributed by atoms with Crippen molar-refractivity contribution in [2.24, 2.45) is 4.99 Å². The number of hydrogen-bond donors (Lipinski definition) is 0. The summed E-state index contributed by atoms with van der Waals surface area (Å²) >= 11 is 3.71. The zero-order chi connectivity index (χ0) is 11.0. The van der Waals surface area contributed by atoms with Crippen LogP contribution in [0.2, 0.25) is 0 Å². The van der Waals surface area contributed by atoms with Crippen LogP contribution in [-0.2, 0) is 0 Å². The zero-order valence-corrected chi connectivity index (χ0v) is 10.9. The smallest absolute Gasteiger partial charge is 0.160 e. The minimum absolute atomic E-state index is 0.579. The monoisotopic (exact) mass is 250 g/mol. The molecule has 3 rings (SSSR count). The predicted molar refractivity (Wildman–Crippen MR) is 72.4 cm³/mol. The molecule has 0 bridgehead atoms. The second-order valence-electron chi connectivity index (χ2n) is 3.99. The van der Waals surface area contributed by atoms with Gasteiger partial charge in [-0.3, -0.25) is 4.99 Å². The third-order valence-electron chi connectivity index (χ3n) is 3.01. The lowest BCUT2D eigenvalue weighted by molar-refractivity contribution is 0.476. The predicted octanol–water partition coefficient (Wildman–Crippen LogP) is 2.87. The van der Waals surface area contributed by atoms with Crippen molar-refractivity contribution in [2.75, 3.05) is 25.9 Å². The first-order chi connectivity index (χ1) is 7.86. The average Bonchev–Trinajstić information content (AvgIpc) is 2.89. The van der Waals surface area contributed by atoms with Crippen LogP contribution < -0.4 is 0 Å². The Labute approximate surface area is 105 Å². The summed E-state index contributed by atoms with van der Waals surface area (Å²) in [6.45, 7) is 3.23. The van der Waals surface area contributed by atoms with Crippen molar-refractivity contribution in [1.82, 2.24) is 4.90 Å². The molecular formula is C12H14N2S2. The number of hydrogen-bond acceptors (Lipinski definition) is 4. The highest BCUT2D eigenvalue weighted by atomic mass is 32.2. The number of rotatable bonds is 2. The second kappa shape index (κ2) is 4.34. The summed E-state index contributed by atoms with van der Waals surface area (Å²) in [5.41, 5.74) is 1.43. The van der Waals surface area contributed by atoms with Gasteiger partial charge < -0.3 is 4.90 Å². The fourth-order valence-electron chi connectivity index (χ4n) is 2.10. The Kier molecular flexibility index (Phi) is 2.86. The Morgan fingerprint density at radius 1 is 1.38 bits per heavy atom. The Bertz CT molecular complexity index is 414. The standard InChI is InChI=1S/C12H14N2S2/c1-15-10-4-2-9(3-5-10)11-8-14-7-6-13-12(14)16-11/h2-5,11H,6-8H2,1H3. The van der Waals surface area contributed by atoms with Gasteiger partial charge >= 0.3 is 0 Å². The van der Waals surface area contributed by atoms with E-state index in [0.717, 1.165) is 19.6 Å². The molecule has 1 aromatic carbocycles. The highest BCUT2D eigenvalue weighted by Gasteiger charge is 2.31. The van der Waals surface area contributed by atoms with E-state index in [1.165, 1.54) is 15.6 Å². The third-order valence-corrected chi connectivity index (χ3v) is 5.06. The van der Waals surface area contributed by atoms with E-state index in [0.29, 0.717) is 5.25 Å². The van der Waals surface area contributed by atoms with Crippen LogP contribution >= 0.6 is 23.5 Å². The summed E-state index contributed by atoms with van der Waals surface area (Å²) in [6.07, 6.45) is 2.12. The van der Waals surface area contributed by atoms with Crippen LogP contribution in [0.3, 0.4) is 0 Å². The number of amidine groups is 1. The van der Waals surface area contributed by atoms with Gasteiger partial charge in [0.15, 0.2) is 5.17 Å². The lowest BCUT2D eigenvalue weighted by Crippen LogP contribution is -2.21. The van der Waals surface area contributed by atoms with E-state index in [1.807, 2.05) is 11.8 Å². The average molecular weight is 250 g/mol. The van der Waals surface area contributed by atoms with Gasteiger partial charge in [-0.15, -0.1) is 11.8 Å². The molecule has 1 fully saturated rings. The molecule has 2 nitrogen and oxygen atoms in total. The van der Waals surface area contributed by atoms with Crippen LogP contribution in [0.5, 0.6) is 0 Å². The highest BCUT2D eigenvalue weighted by molar-refractivity contribution is 8.14. The number of aliphatic imine (C=N–C) groups is 1. The minimum atomic E-state index is 0.579. The fourth-order valence-corrected chi connectivity index (χ4v) is 3.79. The van der Waals surface area contributed by atoms with Crippen LogP contribution in [0.1, 0.15) is 10.8 Å². The summed E-state index contributed by atoms with van der Waals surface area (Å²) in [5, 5.41) is 1.83. The van der Waals surface area contributed by atoms with E-state index in [9.17, 15) is 0 Å². The Balaban J connectivity index is 1.78. The van der Waals surface area contributed by atoms with Crippen molar-refractivity contribution in [3.05, 3.63) is 29.8 Å². The normalized spacial score (nSPS) is 23.4. The molecule has 0 saturated carbocycles. The molecule has 2 aliphatic rings. The quantitative estimate of drug-likeness (QED) is 0.751. The molecule has 0 spiro atoms. The van der Waals surface area contributed by atoms with E-state index in [1.54, 1.807) is 11.8 Å². The van der Waals surface area contributed by atoms with Crippen LogP contribution in [0.15, 0.2) is 34.2 Å². The van der Waals surface area contributed by atoms with Gasteiger partial charge in [-0.1, -0.05) is 23.9 Å². The van der Waals surface area contributed by atoms with Crippen molar-refractivity contribution in [3.63, 3.8) is 0 Å². The molecule has 0 aliphatic carbocycles. The van der Waals surface area contributed by atoms with Gasteiger partial charge in [0.05, 0.1) is 11.8 Å². The lowest BCUT2D eigenvalue weighted by Gasteiger charge is -2.11. The maximum absolute atomic E-state index is 4.51. The molecule has 16 heavy (non-hydrogen) atoms. The van der Waals surface area contributed by atoms with Gasteiger partial charge in [-0.2, -0.15) is 0 Å². The van der Waals surface area contributed by atoms with E-state index in [-0.39, 0.29) is 0 Å². The van der Waals surface area contributed by atoms with Crippen LogP contribution in [0.4, 0.5) is 0 Å². The number of thioether (sulfide) groups is 2. The minimum Gasteiger partial charge on any atom is -0.348 e. The maximum Gasteiger partial charge on any atom is 0.160 e. The zero-order valence-electron chi connectivity index (χ0n) is 9.22. The van der Waals surface area contributed by atoms with Gasteiger partial charge in [-0.25, -0.2) is 0 Å². The molecule has 84 valence electrons. The molecular weight excluding hydrogens is 236 g/mol. The summed E-state index contributed by atoms with van der Waals surface area (Å²) < 4.78 is 0. The van der Waals surface area contributed by atoms with Crippen molar-refractivity contribution < 1.29 is 0 Å². The molecule has 2 heterocycles. The number of benzene rings is 1. The summed E-state index contributed by atoms with van der Waals surface area (Å²) in [6, 6.07) is 8.94. The first-order valence-electron chi connectivity index (χ1n) is 5.47. The molecule has 1 saturated heterocycles. The number of fused-ring (bicyclic) bond motifs is 1. The SMILES string of the molecule is CSc1ccc(C2CN3CCN=C3S2)cc1. The summed E-state index contributed by atoms with van der Waals surface area (Å²) in [7, 11) is 0. The molecule has 1 unspecified atom stereocenters. The van der Waals surface area contributed by atoms with E-state index in [2.05, 4.69) is 40.4 Å². The van der Waals surface area contributed by atoms with Gasteiger partial charge in [0, 0.05) is 18.0 Å². The molecule has 4 heteroatoms. The molecule has 0 aromatic heterocycles. The van der Waals surface area contributed by atoms with E-state index >= 15 is 0 Å². The topological polar surface area (TPSA) is 15.6 Å². The first-order valence-corrected chi connectivity index (χ1v) is 7.57. The van der Waals surface area contributed by atoms with Gasteiger partial charge in [0.2, 0.25) is 0 Å². The molecule has 1 aromatic rings. The van der Waals surface area contributed by atoms with Crippen molar-refractivity contribution in [3.8, 4) is 0 Å². The van der Waals surface area contributed by atoms with Crippen LogP contribution in [-0.4, -0.2) is 36.0 Å². The molecule has 1 atom stereocenters. The molecule has 0 N–H and O–H groups in total. The fraction of sp³-hybridized carbons (Fsp3) is 0.417. The van der Waals surface area contributed by atoms with Crippen molar-refractivity contribution in [1.29, 1.82) is 0 Å². The maximum atomic E-state index is 4.51. The first kappa shape index (κ1) is 10.5. The lowest BCUT2D eigenvalue weighted by atomic mass is 10.1.